The Balaban J connectivity index is 1.53. The number of para-hydroxylation sites is 1. The number of fused-ring (bicyclic) bond motifs is 4. The number of carbonyl (C=O) groups excluding carboxylic acids is 2. The van der Waals surface area contributed by atoms with E-state index in [4.69, 9.17) is 5.11 Å². The van der Waals surface area contributed by atoms with Gasteiger partial charge in [0.05, 0.1) is 13.0 Å². The van der Waals surface area contributed by atoms with E-state index in [0.29, 0.717) is 13.0 Å². The number of carboxylic acids is 1. The quantitative estimate of drug-likeness (QED) is 0.642. The molecule has 1 atom stereocenters. The molecule has 1 fully saturated rings. The maximum Gasteiger partial charge on any atom is 0.327 e. The number of urea groups is 1. The summed E-state index contributed by atoms with van der Waals surface area (Å²) in [5.41, 5.74) is 3.91. The standard InChI is InChI=1S/C23H20FN3O4/c24-15-7-5-14(6-8-15)12-26-18-4-2-1-3-16(18)17-11-19-22(30)25(10-9-21(28)29)23(31)27(19)13-20(17)26/h1-8,19H,9-13H2,(H,28,29)/t19-/m0/s1. The SMILES string of the molecule is O=C(O)CCN1C(=O)[C@@H]2Cc3c(n(Cc4ccc(F)cc4)c4ccccc34)CN2C1=O. The van der Waals surface area contributed by atoms with E-state index < -0.39 is 18.0 Å². The summed E-state index contributed by atoms with van der Waals surface area (Å²) in [6, 6.07) is 13.2. The minimum Gasteiger partial charge on any atom is -0.481 e. The van der Waals surface area contributed by atoms with Crippen LogP contribution in [0.3, 0.4) is 0 Å². The molecule has 5 rings (SSSR count). The molecule has 1 saturated heterocycles. The summed E-state index contributed by atoms with van der Waals surface area (Å²) in [4.78, 5) is 39.3. The predicted octanol–water partition coefficient (Wildman–Crippen LogP) is 2.99. The van der Waals surface area contributed by atoms with E-state index in [-0.39, 0.29) is 31.2 Å². The summed E-state index contributed by atoms with van der Waals surface area (Å²) < 4.78 is 15.5. The van der Waals surface area contributed by atoms with E-state index in [0.717, 1.165) is 32.6 Å². The van der Waals surface area contributed by atoms with Gasteiger partial charge in [-0.15, -0.1) is 0 Å². The summed E-state index contributed by atoms with van der Waals surface area (Å²) in [6.07, 6.45) is 0.116. The third-order valence-electron chi connectivity index (χ3n) is 6.12. The molecule has 7 nitrogen and oxygen atoms in total. The number of hydrogen-bond donors (Lipinski definition) is 1. The molecular formula is C23H20FN3O4. The monoisotopic (exact) mass is 421 g/mol. The number of imide groups is 1. The van der Waals surface area contributed by atoms with Crippen molar-refractivity contribution in [3.63, 3.8) is 0 Å². The zero-order chi connectivity index (χ0) is 21.7. The van der Waals surface area contributed by atoms with E-state index in [9.17, 15) is 18.8 Å². The number of amides is 3. The van der Waals surface area contributed by atoms with Crippen molar-refractivity contribution in [2.24, 2.45) is 0 Å². The normalized spacial score (nSPS) is 17.9. The average molecular weight is 421 g/mol. The van der Waals surface area contributed by atoms with Crippen LogP contribution >= 0.6 is 0 Å². The van der Waals surface area contributed by atoms with Gasteiger partial charge in [0.1, 0.15) is 11.9 Å². The highest BCUT2D eigenvalue weighted by Gasteiger charge is 2.48. The first-order chi connectivity index (χ1) is 14.9. The van der Waals surface area contributed by atoms with Crippen LogP contribution in [0.5, 0.6) is 0 Å². The predicted molar refractivity (Wildman–Crippen MR) is 110 cm³/mol. The number of carboxylic acid groups (broad SMARTS) is 1. The molecule has 31 heavy (non-hydrogen) atoms. The first-order valence-electron chi connectivity index (χ1n) is 10.1. The van der Waals surface area contributed by atoms with Crippen molar-refractivity contribution in [1.29, 1.82) is 0 Å². The Kier molecular flexibility index (Phi) is 4.50. The number of carbonyl (C=O) groups is 3. The van der Waals surface area contributed by atoms with Gasteiger partial charge in [-0.2, -0.15) is 0 Å². The zero-order valence-corrected chi connectivity index (χ0v) is 16.6. The van der Waals surface area contributed by atoms with Crippen LogP contribution < -0.4 is 0 Å². The second-order valence-electron chi connectivity index (χ2n) is 7.92. The number of benzene rings is 2. The molecule has 2 aliphatic rings. The second-order valence-corrected chi connectivity index (χ2v) is 7.92. The molecular weight excluding hydrogens is 401 g/mol. The smallest absolute Gasteiger partial charge is 0.327 e. The van der Waals surface area contributed by atoms with Gasteiger partial charge < -0.3 is 14.6 Å². The molecule has 0 radical (unpaired) electrons. The van der Waals surface area contributed by atoms with Gasteiger partial charge in [-0.05, 0) is 29.3 Å². The molecule has 3 heterocycles. The number of nitrogens with zero attached hydrogens (tertiary/aromatic N) is 3. The van der Waals surface area contributed by atoms with Crippen molar-refractivity contribution in [1.82, 2.24) is 14.4 Å². The Morgan fingerprint density at radius 2 is 1.84 bits per heavy atom. The van der Waals surface area contributed by atoms with Crippen molar-refractivity contribution < 1.29 is 23.9 Å². The van der Waals surface area contributed by atoms with Gasteiger partial charge in [0.2, 0.25) is 0 Å². The number of halogens is 1. The maximum absolute atomic E-state index is 13.3. The van der Waals surface area contributed by atoms with Gasteiger partial charge in [0, 0.05) is 36.1 Å². The van der Waals surface area contributed by atoms with Crippen LogP contribution in [0.2, 0.25) is 0 Å². The fourth-order valence-electron chi connectivity index (χ4n) is 4.63. The highest BCUT2D eigenvalue weighted by molar-refractivity contribution is 6.05. The van der Waals surface area contributed by atoms with E-state index in [1.165, 1.54) is 17.0 Å². The summed E-state index contributed by atoms with van der Waals surface area (Å²) in [5, 5.41) is 9.97. The number of aliphatic carboxylic acids is 1. The first kappa shape index (κ1) is 19.3. The highest BCUT2D eigenvalue weighted by Crippen LogP contribution is 2.36. The van der Waals surface area contributed by atoms with Gasteiger partial charge in [-0.25, -0.2) is 9.18 Å². The zero-order valence-electron chi connectivity index (χ0n) is 16.6. The van der Waals surface area contributed by atoms with Gasteiger partial charge >= 0.3 is 12.0 Å². The summed E-state index contributed by atoms with van der Waals surface area (Å²) in [7, 11) is 0. The summed E-state index contributed by atoms with van der Waals surface area (Å²) in [6.45, 7) is 0.657. The average Bonchev–Trinajstić information content (AvgIpc) is 3.19. The molecule has 1 N–H and O–H groups in total. The lowest BCUT2D eigenvalue weighted by Crippen LogP contribution is -2.40. The van der Waals surface area contributed by atoms with Crippen LogP contribution in [0.1, 0.15) is 23.2 Å². The second kappa shape index (κ2) is 7.23. The Morgan fingerprint density at radius 3 is 2.58 bits per heavy atom. The van der Waals surface area contributed by atoms with E-state index >= 15 is 0 Å². The Hall–Kier alpha value is -3.68. The van der Waals surface area contributed by atoms with Gasteiger partial charge in [-0.3, -0.25) is 14.5 Å². The van der Waals surface area contributed by atoms with Crippen molar-refractivity contribution in [3.8, 4) is 0 Å². The molecule has 0 saturated carbocycles. The minimum atomic E-state index is -1.05. The lowest BCUT2D eigenvalue weighted by Gasteiger charge is -2.28. The number of rotatable bonds is 5. The Bertz CT molecular complexity index is 1220. The fourth-order valence-corrected chi connectivity index (χ4v) is 4.63. The molecule has 0 spiro atoms. The lowest BCUT2D eigenvalue weighted by atomic mass is 9.97. The van der Waals surface area contributed by atoms with Crippen LogP contribution in [-0.2, 0) is 29.1 Å². The third kappa shape index (κ3) is 3.15. The highest BCUT2D eigenvalue weighted by atomic mass is 19.1. The molecule has 3 amide bonds. The fraction of sp³-hybridized carbons (Fsp3) is 0.261. The van der Waals surface area contributed by atoms with Crippen LogP contribution in [-0.4, -0.2) is 50.0 Å². The maximum atomic E-state index is 13.3. The molecule has 0 aliphatic carbocycles. The summed E-state index contributed by atoms with van der Waals surface area (Å²) in [5.74, 6) is -1.69. The Morgan fingerprint density at radius 1 is 1.10 bits per heavy atom. The van der Waals surface area contributed by atoms with Crippen LogP contribution in [0, 0.1) is 5.82 Å². The van der Waals surface area contributed by atoms with E-state index in [1.54, 1.807) is 12.1 Å². The van der Waals surface area contributed by atoms with Crippen molar-refractivity contribution in [2.45, 2.75) is 32.0 Å². The van der Waals surface area contributed by atoms with Gasteiger partial charge in [0.25, 0.3) is 5.91 Å². The third-order valence-corrected chi connectivity index (χ3v) is 6.12. The van der Waals surface area contributed by atoms with Crippen LogP contribution in [0.25, 0.3) is 10.9 Å². The molecule has 2 aliphatic heterocycles. The van der Waals surface area contributed by atoms with Crippen LogP contribution in [0.4, 0.5) is 9.18 Å². The Labute approximate surface area is 177 Å². The molecule has 0 unspecified atom stereocenters. The molecule has 0 bridgehead atoms. The van der Waals surface area contributed by atoms with Crippen molar-refractivity contribution in [3.05, 3.63) is 71.2 Å². The van der Waals surface area contributed by atoms with Crippen molar-refractivity contribution in [2.75, 3.05) is 6.54 Å². The van der Waals surface area contributed by atoms with Gasteiger partial charge in [-0.1, -0.05) is 30.3 Å². The summed E-state index contributed by atoms with van der Waals surface area (Å²) >= 11 is 0. The molecule has 3 aromatic rings. The van der Waals surface area contributed by atoms with E-state index in [2.05, 4.69) is 4.57 Å². The van der Waals surface area contributed by atoms with E-state index in [1.807, 2.05) is 24.3 Å². The first-order valence-corrected chi connectivity index (χ1v) is 10.1. The minimum absolute atomic E-state index is 0.124. The number of hydrogen-bond acceptors (Lipinski definition) is 3. The van der Waals surface area contributed by atoms with Crippen molar-refractivity contribution >= 4 is 28.8 Å². The molecule has 1 aromatic heterocycles. The van der Waals surface area contributed by atoms with Gasteiger partial charge in [0.15, 0.2) is 0 Å². The molecule has 8 heteroatoms. The topological polar surface area (TPSA) is 82.8 Å². The van der Waals surface area contributed by atoms with Crippen LogP contribution in [0.15, 0.2) is 48.5 Å². The number of aromatic nitrogens is 1. The largest absolute Gasteiger partial charge is 0.481 e. The lowest BCUT2D eigenvalue weighted by molar-refractivity contribution is -0.137. The molecule has 2 aromatic carbocycles. The molecule has 158 valence electrons.